The second-order valence-corrected chi connectivity index (χ2v) is 9.95. The van der Waals surface area contributed by atoms with Gasteiger partial charge in [-0.05, 0) is 50.0 Å². The van der Waals surface area contributed by atoms with Crippen molar-refractivity contribution in [2.45, 2.75) is 39.0 Å². The zero-order valence-electron chi connectivity index (χ0n) is 17.1. The first-order valence-electron chi connectivity index (χ1n) is 10.4. The number of aryl methyl sites for hydroxylation is 1. The average Bonchev–Trinajstić information content (AvgIpc) is 3.22. The van der Waals surface area contributed by atoms with Crippen molar-refractivity contribution in [2.75, 3.05) is 38.5 Å². The van der Waals surface area contributed by atoms with Crippen molar-refractivity contribution in [1.29, 1.82) is 0 Å². The fourth-order valence-electron chi connectivity index (χ4n) is 3.81. The third-order valence-electron chi connectivity index (χ3n) is 5.64. The van der Waals surface area contributed by atoms with E-state index in [0.717, 1.165) is 51.3 Å². The highest BCUT2D eigenvalue weighted by Crippen LogP contribution is 2.25. The summed E-state index contributed by atoms with van der Waals surface area (Å²) in [7, 11) is -1.31. The molecule has 1 aliphatic heterocycles. The zero-order valence-corrected chi connectivity index (χ0v) is 17.9. The van der Waals surface area contributed by atoms with Crippen LogP contribution < -0.4 is 10.0 Å². The fraction of sp³-hybridized carbons (Fsp3) is 0.789. The van der Waals surface area contributed by atoms with Gasteiger partial charge in [-0.1, -0.05) is 6.42 Å². The van der Waals surface area contributed by atoms with Crippen LogP contribution in [-0.2, 0) is 23.5 Å². The Bertz CT molecular complexity index is 756. The lowest BCUT2D eigenvalue weighted by Gasteiger charge is -2.25. The average molecular weight is 411 g/mol. The van der Waals surface area contributed by atoms with Crippen LogP contribution in [0.25, 0.3) is 0 Å². The minimum Gasteiger partial charge on any atom is -0.357 e. The van der Waals surface area contributed by atoms with Crippen molar-refractivity contribution in [2.24, 2.45) is 23.9 Å². The molecule has 1 saturated heterocycles. The van der Waals surface area contributed by atoms with Crippen molar-refractivity contribution in [3.63, 3.8) is 0 Å². The number of hydrogen-bond donors (Lipinski definition) is 2. The number of guanidine groups is 1. The van der Waals surface area contributed by atoms with Gasteiger partial charge in [0.25, 0.3) is 0 Å². The summed E-state index contributed by atoms with van der Waals surface area (Å²) in [6.07, 6.45) is 9.64. The van der Waals surface area contributed by atoms with Crippen LogP contribution in [0.2, 0.25) is 0 Å². The fourth-order valence-corrected chi connectivity index (χ4v) is 4.78. The molecule has 1 aliphatic carbocycles. The van der Waals surface area contributed by atoms with E-state index in [1.807, 2.05) is 24.9 Å². The van der Waals surface area contributed by atoms with Crippen LogP contribution in [0.3, 0.4) is 0 Å². The van der Waals surface area contributed by atoms with Crippen molar-refractivity contribution < 1.29 is 8.42 Å². The van der Waals surface area contributed by atoms with Crippen LogP contribution in [0, 0.1) is 11.8 Å². The van der Waals surface area contributed by atoms with Crippen molar-refractivity contribution in [3.8, 4) is 0 Å². The predicted molar refractivity (Wildman–Crippen MR) is 112 cm³/mol. The number of aliphatic imine (C=N–C) groups is 1. The normalized spacial score (nSPS) is 21.1. The number of nitrogens with zero attached hydrogens (tertiary/aromatic N) is 4. The van der Waals surface area contributed by atoms with Crippen LogP contribution in [-0.4, -0.2) is 67.5 Å². The Morgan fingerprint density at radius 1 is 1.32 bits per heavy atom. The van der Waals surface area contributed by atoms with Gasteiger partial charge in [0.2, 0.25) is 10.0 Å². The lowest BCUT2D eigenvalue weighted by atomic mass is 9.86. The zero-order chi connectivity index (χ0) is 20.0. The van der Waals surface area contributed by atoms with Crippen molar-refractivity contribution in [3.05, 3.63) is 18.0 Å². The Balaban J connectivity index is 1.47. The molecule has 2 heterocycles. The van der Waals surface area contributed by atoms with Gasteiger partial charge in [0.05, 0.1) is 18.5 Å². The van der Waals surface area contributed by atoms with Crippen molar-refractivity contribution >= 4 is 16.0 Å². The maximum absolute atomic E-state index is 12.2. The molecule has 2 N–H and O–H groups in total. The molecule has 1 aromatic heterocycles. The second kappa shape index (κ2) is 9.73. The summed E-state index contributed by atoms with van der Waals surface area (Å²) in [6, 6.07) is 0. The van der Waals surface area contributed by atoms with Gasteiger partial charge in [0, 0.05) is 39.4 Å². The minimum absolute atomic E-state index is 0.0432. The molecule has 8 nitrogen and oxygen atoms in total. The number of nitrogens with one attached hydrogen (secondary N) is 2. The Hall–Kier alpha value is -1.61. The third kappa shape index (κ3) is 6.20. The monoisotopic (exact) mass is 410 g/mol. The molecule has 2 fully saturated rings. The molecule has 2 aliphatic rings. The second-order valence-electron chi connectivity index (χ2n) is 8.03. The van der Waals surface area contributed by atoms with E-state index in [-0.39, 0.29) is 12.3 Å². The number of likely N-dealkylation sites (tertiary alicyclic amines) is 1. The molecule has 0 radical (unpaired) electrons. The van der Waals surface area contributed by atoms with Gasteiger partial charge in [-0.25, -0.2) is 13.1 Å². The summed E-state index contributed by atoms with van der Waals surface area (Å²) in [5.41, 5.74) is 1.26. The van der Waals surface area contributed by atoms with E-state index in [4.69, 9.17) is 0 Å². The largest absolute Gasteiger partial charge is 0.357 e. The number of aromatic nitrogens is 2. The maximum atomic E-state index is 12.2. The molecule has 1 aromatic rings. The van der Waals surface area contributed by atoms with E-state index in [2.05, 4.69) is 31.2 Å². The van der Waals surface area contributed by atoms with Gasteiger partial charge < -0.3 is 10.2 Å². The van der Waals surface area contributed by atoms with E-state index in [1.165, 1.54) is 12.0 Å². The topological polar surface area (TPSA) is 91.6 Å². The summed E-state index contributed by atoms with van der Waals surface area (Å²) in [6.45, 7) is 5.56. The maximum Gasteiger partial charge on any atom is 0.213 e. The van der Waals surface area contributed by atoms with Crippen LogP contribution in [0.4, 0.5) is 0 Å². The highest BCUT2D eigenvalue weighted by molar-refractivity contribution is 7.89. The first-order chi connectivity index (χ1) is 13.4. The van der Waals surface area contributed by atoms with Gasteiger partial charge in [-0.15, -0.1) is 0 Å². The van der Waals surface area contributed by atoms with E-state index in [0.29, 0.717) is 18.4 Å². The molecule has 1 unspecified atom stereocenters. The highest BCUT2D eigenvalue weighted by atomic mass is 32.2. The minimum atomic E-state index is -3.25. The smallest absolute Gasteiger partial charge is 0.213 e. The molecule has 1 atom stereocenters. The lowest BCUT2D eigenvalue weighted by molar-refractivity contribution is 0.316. The summed E-state index contributed by atoms with van der Waals surface area (Å²) in [5.74, 6) is 1.96. The van der Waals surface area contributed by atoms with Gasteiger partial charge in [0.15, 0.2) is 5.96 Å². The number of rotatable bonds is 9. The van der Waals surface area contributed by atoms with Crippen LogP contribution >= 0.6 is 0 Å². The van der Waals surface area contributed by atoms with E-state index in [9.17, 15) is 8.42 Å². The molecule has 0 spiro atoms. The van der Waals surface area contributed by atoms with Crippen molar-refractivity contribution in [1.82, 2.24) is 24.7 Å². The summed E-state index contributed by atoms with van der Waals surface area (Å²) in [5, 5.41) is 7.56. The first kappa shape index (κ1) is 21.1. The van der Waals surface area contributed by atoms with Gasteiger partial charge in [-0.2, -0.15) is 5.10 Å². The Labute approximate surface area is 168 Å². The van der Waals surface area contributed by atoms with E-state index >= 15 is 0 Å². The summed E-state index contributed by atoms with van der Waals surface area (Å²) in [4.78, 5) is 6.83. The lowest BCUT2D eigenvalue weighted by Crippen LogP contribution is -2.41. The van der Waals surface area contributed by atoms with E-state index < -0.39 is 10.0 Å². The first-order valence-corrected chi connectivity index (χ1v) is 12.1. The molecule has 0 bridgehead atoms. The molecule has 3 rings (SSSR count). The SMILES string of the molecule is CCNC(=NCCS(=O)(=O)NCC1CCC1)N1CCC(Cc2cnn(C)c2)C1. The quantitative estimate of drug-likeness (QED) is 0.468. The molecule has 0 amide bonds. The molecular formula is C19H34N6O2S. The number of sulfonamides is 1. The Morgan fingerprint density at radius 2 is 2.14 bits per heavy atom. The number of hydrogen-bond acceptors (Lipinski definition) is 4. The molecule has 0 aromatic carbocycles. The Kier molecular flexibility index (Phi) is 7.34. The predicted octanol–water partition coefficient (Wildman–Crippen LogP) is 0.970. The molecular weight excluding hydrogens is 376 g/mol. The van der Waals surface area contributed by atoms with Crippen LogP contribution in [0.1, 0.15) is 38.2 Å². The van der Waals surface area contributed by atoms with Gasteiger partial charge in [0.1, 0.15) is 0 Å². The summed E-state index contributed by atoms with van der Waals surface area (Å²) >= 11 is 0. The van der Waals surface area contributed by atoms with Gasteiger partial charge >= 0.3 is 0 Å². The van der Waals surface area contributed by atoms with E-state index in [1.54, 1.807) is 0 Å². The van der Waals surface area contributed by atoms with Crippen LogP contribution in [0.5, 0.6) is 0 Å². The molecule has 28 heavy (non-hydrogen) atoms. The van der Waals surface area contributed by atoms with Gasteiger partial charge in [-0.3, -0.25) is 9.67 Å². The third-order valence-corrected chi connectivity index (χ3v) is 6.97. The molecule has 9 heteroatoms. The summed E-state index contributed by atoms with van der Waals surface area (Å²) < 4.78 is 28.9. The Morgan fingerprint density at radius 3 is 2.79 bits per heavy atom. The van der Waals surface area contributed by atoms with Crippen LogP contribution in [0.15, 0.2) is 17.4 Å². The molecule has 1 saturated carbocycles. The standard InChI is InChI=1S/C19H34N6O2S/c1-3-20-19(21-8-10-28(26,27)23-13-16-5-4-6-16)25-9-7-17(15-25)11-18-12-22-24(2)14-18/h12,14,16-17,23H,3-11,13,15H2,1-2H3,(H,20,21). The molecule has 158 valence electrons. The highest BCUT2D eigenvalue weighted by Gasteiger charge is 2.25.